The summed E-state index contributed by atoms with van der Waals surface area (Å²) in [5.74, 6) is 0.871. The Morgan fingerprint density at radius 1 is 0.909 bits per heavy atom. The lowest BCUT2D eigenvalue weighted by Crippen LogP contribution is -2.33. The molecule has 0 saturated heterocycles. The van der Waals surface area contributed by atoms with Crippen LogP contribution in [0.15, 0.2) is 12.4 Å². The molecule has 0 aliphatic heterocycles. The zero-order valence-electron chi connectivity index (χ0n) is 14.5. The third-order valence-corrected chi connectivity index (χ3v) is 3.46. The van der Waals surface area contributed by atoms with Crippen molar-refractivity contribution < 1.29 is 4.79 Å². The molecule has 124 valence electrons. The largest absolute Gasteiger partial charge is 0.357 e. The van der Waals surface area contributed by atoms with Crippen molar-refractivity contribution in [2.24, 2.45) is 0 Å². The smallest absolute Gasteiger partial charge is 0.272 e. The maximum absolute atomic E-state index is 12.6. The summed E-state index contributed by atoms with van der Waals surface area (Å²) in [6, 6.07) is 1.84. The Morgan fingerprint density at radius 2 is 1.45 bits per heavy atom. The molecule has 0 aliphatic carbocycles. The molecule has 1 aromatic heterocycles. The van der Waals surface area contributed by atoms with Crippen LogP contribution in [0.4, 0.5) is 5.82 Å². The summed E-state index contributed by atoms with van der Waals surface area (Å²) in [7, 11) is 0. The molecule has 5 nitrogen and oxygen atoms in total. The predicted octanol–water partition coefficient (Wildman–Crippen LogP) is 3.37. The van der Waals surface area contributed by atoms with Crippen LogP contribution in [0.5, 0.6) is 0 Å². The fourth-order valence-electron chi connectivity index (χ4n) is 2.53. The molecule has 1 heterocycles. The van der Waals surface area contributed by atoms with Crippen molar-refractivity contribution in [1.82, 2.24) is 14.9 Å². The number of amides is 1. The minimum Gasteiger partial charge on any atom is -0.357 e. The molecule has 1 aromatic rings. The predicted molar refractivity (Wildman–Crippen MR) is 91.3 cm³/mol. The van der Waals surface area contributed by atoms with Crippen LogP contribution in [0.1, 0.15) is 63.9 Å². The summed E-state index contributed by atoms with van der Waals surface area (Å²) in [6.45, 7) is 11.9. The average molecular weight is 306 g/mol. The zero-order chi connectivity index (χ0) is 16.4. The molecule has 0 aromatic carbocycles. The van der Waals surface area contributed by atoms with Crippen LogP contribution in [0.2, 0.25) is 0 Å². The van der Waals surface area contributed by atoms with Crippen molar-refractivity contribution in [2.45, 2.75) is 53.4 Å². The summed E-state index contributed by atoms with van der Waals surface area (Å²) in [4.78, 5) is 25.3. The first-order valence-electron chi connectivity index (χ1n) is 8.54. The zero-order valence-corrected chi connectivity index (χ0v) is 14.5. The van der Waals surface area contributed by atoms with Gasteiger partial charge in [0.25, 0.3) is 5.91 Å². The van der Waals surface area contributed by atoms with Gasteiger partial charge in [-0.3, -0.25) is 4.79 Å². The van der Waals surface area contributed by atoms with Crippen molar-refractivity contribution >= 4 is 11.7 Å². The summed E-state index contributed by atoms with van der Waals surface area (Å²) in [5, 5.41) is 0. The number of rotatable bonds is 10. The molecule has 0 N–H and O–H groups in total. The van der Waals surface area contributed by atoms with E-state index in [1.807, 2.05) is 11.0 Å². The van der Waals surface area contributed by atoms with Gasteiger partial charge in [0.15, 0.2) is 0 Å². The molecular weight excluding hydrogens is 276 g/mol. The van der Waals surface area contributed by atoms with E-state index in [2.05, 4.69) is 42.6 Å². The lowest BCUT2D eigenvalue weighted by molar-refractivity contribution is 0.0749. The molecule has 0 saturated carbocycles. The summed E-state index contributed by atoms with van der Waals surface area (Å²) >= 11 is 0. The van der Waals surface area contributed by atoms with Gasteiger partial charge in [0.2, 0.25) is 0 Å². The second kappa shape index (κ2) is 10.1. The maximum Gasteiger partial charge on any atom is 0.272 e. The standard InChI is InChI=1S/C17H30N4O/c1-5-9-20(10-6-2)16-13-15(18-14-19-16)17(22)21(11-7-3)12-8-4/h13-14H,5-12H2,1-4H3. The first-order chi connectivity index (χ1) is 10.7. The molecule has 0 spiro atoms. The molecular formula is C17H30N4O. The van der Waals surface area contributed by atoms with Gasteiger partial charge < -0.3 is 9.80 Å². The minimum absolute atomic E-state index is 0.0142. The molecule has 0 fully saturated rings. The Morgan fingerprint density at radius 3 is 1.95 bits per heavy atom. The quantitative estimate of drug-likeness (QED) is 0.665. The number of nitrogens with zero attached hydrogens (tertiary/aromatic N) is 4. The molecule has 22 heavy (non-hydrogen) atoms. The van der Waals surface area contributed by atoms with E-state index in [-0.39, 0.29) is 5.91 Å². The van der Waals surface area contributed by atoms with Crippen LogP contribution in [0, 0.1) is 0 Å². The fraction of sp³-hybridized carbons (Fsp3) is 0.706. The van der Waals surface area contributed by atoms with Crippen LogP contribution in [0.25, 0.3) is 0 Å². The first kappa shape index (κ1) is 18.4. The van der Waals surface area contributed by atoms with Gasteiger partial charge in [0.1, 0.15) is 17.8 Å². The van der Waals surface area contributed by atoms with Crippen LogP contribution in [-0.4, -0.2) is 47.0 Å². The van der Waals surface area contributed by atoms with Crippen LogP contribution >= 0.6 is 0 Å². The van der Waals surface area contributed by atoms with E-state index >= 15 is 0 Å². The van der Waals surface area contributed by atoms with E-state index < -0.39 is 0 Å². The summed E-state index contributed by atoms with van der Waals surface area (Å²) in [6.07, 6.45) is 5.55. The monoisotopic (exact) mass is 306 g/mol. The van der Waals surface area contributed by atoms with Crippen LogP contribution < -0.4 is 4.90 Å². The van der Waals surface area contributed by atoms with E-state index in [1.54, 1.807) is 0 Å². The second-order valence-corrected chi connectivity index (χ2v) is 5.54. The molecule has 0 unspecified atom stereocenters. The molecule has 5 heteroatoms. The number of aromatic nitrogens is 2. The Hall–Kier alpha value is -1.65. The van der Waals surface area contributed by atoms with E-state index in [4.69, 9.17) is 0 Å². The van der Waals surface area contributed by atoms with E-state index in [1.165, 1.54) is 6.33 Å². The highest BCUT2D eigenvalue weighted by atomic mass is 16.2. The Bertz CT molecular complexity index is 438. The number of anilines is 1. The van der Waals surface area contributed by atoms with Crippen molar-refractivity contribution in [1.29, 1.82) is 0 Å². The second-order valence-electron chi connectivity index (χ2n) is 5.54. The molecule has 0 radical (unpaired) electrons. The highest BCUT2D eigenvalue weighted by Gasteiger charge is 2.17. The SMILES string of the molecule is CCCN(CCC)C(=O)c1cc(N(CCC)CCC)ncn1. The Kier molecular flexibility index (Phi) is 8.48. The van der Waals surface area contributed by atoms with Crippen LogP contribution in [-0.2, 0) is 0 Å². The molecule has 1 rings (SSSR count). The van der Waals surface area contributed by atoms with Gasteiger partial charge in [-0.05, 0) is 25.7 Å². The van der Waals surface area contributed by atoms with Crippen molar-refractivity contribution in [2.75, 3.05) is 31.1 Å². The van der Waals surface area contributed by atoms with Gasteiger partial charge in [-0.15, -0.1) is 0 Å². The number of carbonyl (C=O) groups excluding carboxylic acids is 1. The normalized spacial score (nSPS) is 10.5. The number of hydrogen-bond acceptors (Lipinski definition) is 4. The van der Waals surface area contributed by atoms with E-state index in [0.717, 1.165) is 57.7 Å². The van der Waals surface area contributed by atoms with Gasteiger partial charge in [-0.2, -0.15) is 0 Å². The number of hydrogen-bond donors (Lipinski definition) is 0. The third-order valence-electron chi connectivity index (χ3n) is 3.46. The lowest BCUT2D eigenvalue weighted by atomic mass is 10.2. The fourth-order valence-corrected chi connectivity index (χ4v) is 2.53. The lowest BCUT2D eigenvalue weighted by Gasteiger charge is -2.24. The molecule has 1 amide bonds. The van der Waals surface area contributed by atoms with Crippen molar-refractivity contribution in [3.8, 4) is 0 Å². The summed E-state index contributed by atoms with van der Waals surface area (Å²) in [5.41, 5.74) is 0.504. The minimum atomic E-state index is 0.0142. The van der Waals surface area contributed by atoms with Gasteiger partial charge in [0, 0.05) is 32.2 Å². The number of carbonyl (C=O) groups is 1. The van der Waals surface area contributed by atoms with Gasteiger partial charge >= 0.3 is 0 Å². The first-order valence-corrected chi connectivity index (χ1v) is 8.54. The molecule has 0 aliphatic rings. The Balaban J connectivity index is 2.95. The van der Waals surface area contributed by atoms with Crippen molar-refractivity contribution in [3.63, 3.8) is 0 Å². The van der Waals surface area contributed by atoms with Gasteiger partial charge in [-0.1, -0.05) is 27.7 Å². The average Bonchev–Trinajstić information content (AvgIpc) is 2.54. The third kappa shape index (κ3) is 5.28. The Labute approximate surface area is 134 Å². The van der Waals surface area contributed by atoms with E-state index in [0.29, 0.717) is 5.69 Å². The molecule has 0 atom stereocenters. The topological polar surface area (TPSA) is 49.3 Å². The van der Waals surface area contributed by atoms with Gasteiger partial charge in [0.05, 0.1) is 0 Å². The van der Waals surface area contributed by atoms with Crippen molar-refractivity contribution in [3.05, 3.63) is 18.1 Å². The van der Waals surface area contributed by atoms with E-state index in [9.17, 15) is 4.79 Å². The highest BCUT2D eigenvalue weighted by Crippen LogP contribution is 2.14. The maximum atomic E-state index is 12.6. The molecule has 0 bridgehead atoms. The summed E-state index contributed by atoms with van der Waals surface area (Å²) < 4.78 is 0. The highest BCUT2D eigenvalue weighted by molar-refractivity contribution is 5.92. The van der Waals surface area contributed by atoms with Gasteiger partial charge in [-0.25, -0.2) is 9.97 Å². The van der Waals surface area contributed by atoms with Crippen LogP contribution in [0.3, 0.4) is 0 Å².